The van der Waals surface area contributed by atoms with Gasteiger partial charge >= 0.3 is 5.97 Å². The Hall–Kier alpha value is -1.13. The Labute approximate surface area is 319 Å². The van der Waals surface area contributed by atoms with E-state index in [-0.39, 0.29) is 12.6 Å². The quantitative estimate of drug-likeness (QED) is 0.0387. The zero-order valence-electron chi connectivity index (χ0n) is 34.6. The lowest BCUT2D eigenvalue weighted by Crippen LogP contribution is -2.27. The predicted molar refractivity (Wildman–Crippen MR) is 224 cm³/mol. The van der Waals surface area contributed by atoms with Crippen LogP contribution in [0.15, 0.2) is 24.3 Å². The van der Waals surface area contributed by atoms with Crippen LogP contribution in [0.25, 0.3) is 0 Å². The molecule has 0 saturated heterocycles. The molecule has 0 aliphatic carbocycles. The van der Waals surface area contributed by atoms with Gasteiger partial charge in [-0.15, -0.1) is 0 Å². The Kier molecular flexibility index (Phi) is 44.0. The summed E-state index contributed by atoms with van der Waals surface area (Å²) in [5.41, 5.74) is 0. The maximum absolute atomic E-state index is 12.2. The van der Waals surface area contributed by atoms with E-state index in [1.54, 1.807) is 0 Å². The molecule has 0 aliphatic rings. The smallest absolute Gasteiger partial charge is 0.306 e. The Morgan fingerprint density at radius 2 is 0.863 bits per heavy atom. The molecule has 51 heavy (non-hydrogen) atoms. The van der Waals surface area contributed by atoms with Crippen LogP contribution in [0.2, 0.25) is 0 Å². The molecule has 1 N–H and O–H groups in total. The van der Waals surface area contributed by atoms with Crippen molar-refractivity contribution in [3.63, 3.8) is 0 Å². The first-order chi connectivity index (χ1) is 25.2. The molecule has 0 saturated carbocycles. The lowest BCUT2D eigenvalue weighted by Gasteiger charge is -2.15. The molecule has 0 aromatic carbocycles. The molecule has 302 valence electrons. The molecule has 0 bridgehead atoms. The second-order valence-electron chi connectivity index (χ2n) is 15.5. The fourth-order valence-corrected chi connectivity index (χ4v) is 6.84. The van der Waals surface area contributed by atoms with Crippen molar-refractivity contribution in [3.05, 3.63) is 24.3 Å². The number of hydrogen-bond acceptors (Lipinski definition) is 4. The molecular weight excluding hydrogens is 629 g/mol. The molecule has 1 unspecified atom stereocenters. The summed E-state index contributed by atoms with van der Waals surface area (Å²) in [4.78, 5) is 12.2. The number of hydrogen-bond donors (Lipinski definition) is 1. The Morgan fingerprint density at radius 3 is 1.29 bits per heavy atom. The number of esters is 1. The largest absolute Gasteiger partial charge is 0.457 e. The van der Waals surface area contributed by atoms with Crippen molar-refractivity contribution >= 4 is 5.97 Å². The van der Waals surface area contributed by atoms with Crippen LogP contribution in [0.1, 0.15) is 245 Å². The zero-order chi connectivity index (χ0) is 37.0. The molecule has 0 aliphatic heterocycles. The molecule has 0 amide bonds. The first-order valence-electron chi connectivity index (χ1n) is 22.9. The third-order valence-corrected chi connectivity index (χ3v) is 10.3. The standard InChI is InChI=1S/C47H90O4/c1-3-5-7-9-11-13-15-17-19-20-21-22-23-24-25-26-27-28-29-30-32-34-36-38-40-42-47(49)51-46(44-48)45-50-43-41-39-37-35-33-31-18-16-14-12-10-8-6-4-2/h8,10,14,16,46,48H,3-7,9,11-13,15,17-45H2,1-2H3/b10-8-,16-14-. The van der Waals surface area contributed by atoms with Crippen LogP contribution in [-0.4, -0.2) is 37.0 Å². The fourth-order valence-electron chi connectivity index (χ4n) is 6.84. The van der Waals surface area contributed by atoms with Gasteiger partial charge in [0.05, 0.1) is 13.2 Å². The number of unbranched alkanes of at least 4 members (excludes halogenated alkanes) is 31. The van der Waals surface area contributed by atoms with E-state index < -0.39 is 6.10 Å². The summed E-state index contributed by atoms with van der Waals surface area (Å²) in [6.45, 7) is 5.30. The number of allylic oxidation sites excluding steroid dienone is 4. The van der Waals surface area contributed by atoms with E-state index in [0.717, 1.165) is 25.7 Å². The summed E-state index contributed by atoms with van der Waals surface area (Å²) >= 11 is 0. The van der Waals surface area contributed by atoms with Crippen LogP contribution >= 0.6 is 0 Å². The van der Waals surface area contributed by atoms with Crippen molar-refractivity contribution in [3.8, 4) is 0 Å². The Balaban J connectivity index is 3.35. The predicted octanol–water partition coefficient (Wildman–Crippen LogP) is 15.1. The molecule has 0 aromatic rings. The lowest BCUT2D eigenvalue weighted by atomic mass is 10.0. The van der Waals surface area contributed by atoms with Gasteiger partial charge in [0.2, 0.25) is 0 Å². The van der Waals surface area contributed by atoms with Gasteiger partial charge in [0.25, 0.3) is 0 Å². The molecule has 0 rings (SSSR count). The third kappa shape index (κ3) is 43.2. The molecule has 0 aromatic heterocycles. The molecule has 1 atom stereocenters. The first-order valence-corrected chi connectivity index (χ1v) is 22.9. The summed E-state index contributed by atoms with van der Waals surface area (Å²) in [6.07, 6.45) is 55.4. The van der Waals surface area contributed by atoms with E-state index in [1.807, 2.05) is 0 Å². The van der Waals surface area contributed by atoms with Crippen molar-refractivity contribution in [1.29, 1.82) is 0 Å². The van der Waals surface area contributed by atoms with Crippen molar-refractivity contribution in [1.82, 2.24) is 0 Å². The first kappa shape index (κ1) is 49.9. The number of rotatable bonds is 43. The summed E-state index contributed by atoms with van der Waals surface area (Å²) in [5, 5.41) is 9.60. The SMILES string of the molecule is CCC/C=C\C/C=C\CCCCCCCCOCC(CO)OC(=O)CCCCCCCCCCCCCCCCCCCCCCCCCCC. The van der Waals surface area contributed by atoms with Crippen LogP contribution in [-0.2, 0) is 14.3 Å². The molecule has 0 spiro atoms. The highest BCUT2D eigenvalue weighted by molar-refractivity contribution is 5.69. The van der Waals surface area contributed by atoms with Gasteiger partial charge in [0.15, 0.2) is 0 Å². The Bertz CT molecular complexity index is 717. The van der Waals surface area contributed by atoms with E-state index in [2.05, 4.69) is 38.2 Å². The molecule has 4 nitrogen and oxygen atoms in total. The van der Waals surface area contributed by atoms with Gasteiger partial charge in [-0.1, -0.05) is 224 Å². The minimum Gasteiger partial charge on any atom is -0.457 e. The van der Waals surface area contributed by atoms with Crippen molar-refractivity contribution in [2.75, 3.05) is 19.8 Å². The Morgan fingerprint density at radius 1 is 0.471 bits per heavy atom. The van der Waals surface area contributed by atoms with E-state index in [0.29, 0.717) is 19.6 Å². The van der Waals surface area contributed by atoms with Gasteiger partial charge in [-0.25, -0.2) is 0 Å². The monoisotopic (exact) mass is 719 g/mol. The molecule has 0 fully saturated rings. The van der Waals surface area contributed by atoms with Crippen LogP contribution in [0.5, 0.6) is 0 Å². The van der Waals surface area contributed by atoms with Gasteiger partial charge in [-0.3, -0.25) is 4.79 Å². The average Bonchev–Trinajstić information content (AvgIpc) is 3.14. The normalized spacial score (nSPS) is 12.5. The summed E-state index contributed by atoms with van der Waals surface area (Å²) in [6, 6.07) is 0. The van der Waals surface area contributed by atoms with Gasteiger partial charge in [-0.05, 0) is 38.5 Å². The zero-order valence-corrected chi connectivity index (χ0v) is 34.6. The van der Waals surface area contributed by atoms with Crippen LogP contribution in [0.4, 0.5) is 0 Å². The topological polar surface area (TPSA) is 55.8 Å². The number of ether oxygens (including phenoxy) is 2. The highest BCUT2D eigenvalue weighted by Gasteiger charge is 2.13. The average molecular weight is 719 g/mol. The van der Waals surface area contributed by atoms with Gasteiger partial charge in [0.1, 0.15) is 6.10 Å². The van der Waals surface area contributed by atoms with Crippen molar-refractivity contribution < 1.29 is 19.4 Å². The molecular formula is C47H90O4. The van der Waals surface area contributed by atoms with Gasteiger partial charge < -0.3 is 14.6 Å². The minimum atomic E-state index is -0.535. The van der Waals surface area contributed by atoms with E-state index >= 15 is 0 Å². The third-order valence-electron chi connectivity index (χ3n) is 10.3. The number of carbonyl (C=O) groups is 1. The lowest BCUT2D eigenvalue weighted by molar-refractivity contribution is -0.154. The van der Waals surface area contributed by atoms with E-state index in [1.165, 1.54) is 199 Å². The summed E-state index contributed by atoms with van der Waals surface area (Å²) in [5.74, 6) is -0.200. The number of aliphatic hydroxyl groups excluding tert-OH is 1. The van der Waals surface area contributed by atoms with Crippen LogP contribution in [0.3, 0.4) is 0 Å². The maximum Gasteiger partial charge on any atom is 0.306 e. The maximum atomic E-state index is 12.2. The minimum absolute atomic E-state index is 0.172. The number of carbonyl (C=O) groups excluding carboxylic acids is 1. The highest BCUT2D eigenvalue weighted by Crippen LogP contribution is 2.16. The summed E-state index contributed by atoms with van der Waals surface area (Å²) in [7, 11) is 0. The van der Waals surface area contributed by atoms with Gasteiger partial charge in [0, 0.05) is 13.0 Å². The number of aliphatic hydroxyl groups is 1. The molecule has 4 heteroatoms. The second kappa shape index (κ2) is 45.0. The van der Waals surface area contributed by atoms with Gasteiger partial charge in [-0.2, -0.15) is 0 Å². The van der Waals surface area contributed by atoms with Crippen molar-refractivity contribution in [2.24, 2.45) is 0 Å². The summed E-state index contributed by atoms with van der Waals surface area (Å²) < 4.78 is 11.2. The molecule has 0 radical (unpaired) electrons. The van der Waals surface area contributed by atoms with Crippen molar-refractivity contribution in [2.45, 2.75) is 251 Å². The second-order valence-corrected chi connectivity index (χ2v) is 15.5. The highest BCUT2D eigenvalue weighted by atomic mass is 16.6. The van der Waals surface area contributed by atoms with Crippen LogP contribution < -0.4 is 0 Å². The fraction of sp³-hybridized carbons (Fsp3) is 0.894. The van der Waals surface area contributed by atoms with E-state index in [4.69, 9.17) is 9.47 Å². The molecule has 0 heterocycles. The van der Waals surface area contributed by atoms with Crippen LogP contribution in [0, 0.1) is 0 Å². The van der Waals surface area contributed by atoms with E-state index in [9.17, 15) is 9.90 Å².